The van der Waals surface area contributed by atoms with Crippen LogP contribution in [-0.4, -0.2) is 17.0 Å². The van der Waals surface area contributed by atoms with Crippen LogP contribution >= 0.6 is 15.9 Å². The summed E-state index contributed by atoms with van der Waals surface area (Å²) in [7, 11) is 0. The Morgan fingerprint density at radius 2 is 1.74 bits per heavy atom. The molecule has 0 aliphatic carbocycles. The number of nitrogen functional groups attached to an aromatic ring is 1. The third kappa shape index (κ3) is 7.03. The molecule has 7 heteroatoms. The lowest BCUT2D eigenvalue weighted by atomic mass is 10.1. The molecule has 2 aromatic carbocycles. The van der Waals surface area contributed by atoms with E-state index in [-0.39, 0.29) is 12.3 Å². The van der Waals surface area contributed by atoms with Gasteiger partial charge in [0.05, 0.1) is 6.54 Å². The largest absolute Gasteiger partial charge is 0.399 e. The average molecular weight is 434 g/mol. The molecule has 0 atom stereocenters. The Hall–Kier alpha value is -2.38. The van der Waals surface area contributed by atoms with E-state index in [2.05, 4.69) is 15.9 Å². The quantitative estimate of drug-likeness (QED) is 0.240. The maximum atomic E-state index is 12.8. The molecule has 0 saturated carbocycles. The number of carbonyl (C=O) groups excluding carboxylic acids is 2. The first kappa shape index (κ1) is 20.9. The van der Waals surface area contributed by atoms with Crippen molar-refractivity contribution in [1.29, 1.82) is 0 Å². The second-order valence-electron chi connectivity index (χ2n) is 6.30. The summed E-state index contributed by atoms with van der Waals surface area (Å²) in [4.78, 5) is 25.6. The molecule has 27 heavy (non-hydrogen) atoms. The van der Waals surface area contributed by atoms with Gasteiger partial charge in [-0.05, 0) is 54.8 Å². The van der Waals surface area contributed by atoms with E-state index in [0.29, 0.717) is 31.5 Å². The van der Waals surface area contributed by atoms with Crippen LogP contribution in [0.25, 0.3) is 0 Å². The highest BCUT2D eigenvalue weighted by Gasteiger charge is 2.16. The fraction of sp³-hybridized carbons (Fsp3) is 0.300. The number of hydrogen-bond donors (Lipinski definition) is 3. The molecule has 2 rings (SSSR count). The number of nitrogens with two attached hydrogens (primary N) is 1. The van der Waals surface area contributed by atoms with E-state index in [9.17, 15) is 9.59 Å². The maximum absolute atomic E-state index is 12.8. The first-order valence-corrected chi connectivity index (χ1v) is 9.62. The van der Waals surface area contributed by atoms with Crippen LogP contribution in [0.2, 0.25) is 0 Å². The molecule has 0 saturated heterocycles. The van der Waals surface area contributed by atoms with Gasteiger partial charge in [0.1, 0.15) is 0 Å². The van der Waals surface area contributed by atoms with E-state index < -0.39 is 5.91 Å². The Balaban J connectivity index is 2.01. The molecule has 0 unspecified atom stereocenters. The summed E-state index contributed by atoms with van der Waals surface area (Å²) in [6.45, 7) is 0.467. The molecule has 2 amide bonds. The number of nitrogens with one attached hydrogen (secondary N) is 1. The number of nitrogens with zero attached hydrogens (tertiary/aromatic N) is 1. The van der Waals surface area contributed by atoms with E-state index in [0.717, 1.165) is 22.1 Å². The van der Waals surface area contributed by atoms with Crippen molar-refractivity contribution in [2.75, 3.05) is 10.6 Å². The van der Waals surface area contributed by atoms with E-state index in [1.54, 1.807) is 22.5 Å². The van der Waals surface area contributed by atoms with Crippen LogP contribution in [0.15, 0.2) is 53.0 Å². The minimum absolute atomic E-state index is 0.0198. The van der Waals surface area contributed by atoms with Gasteiger partial charge in [0.2, 0.25) is 11.8 Å². The second kappa shape index (κ2) is 10.7. The van der Waals surface area contributed by atoms with Crippen LogP contribution in [0.5, 0.6) is 0 Å². The molecule has 0 bridgehead atoms. The second-order valence-corrected chi connectivity index (χ2v) is 7.21. The topological polar surface area (TPSA) is 95.7 Å². The van der Waals surface area contributed by atoms with Gasteiger partial charge in [0.25, 0.3) is 0 Å². The number of anilines is 2. The first-order valence-electron chi connectivity index (χ1n) is 8.83. The van der Waals surface area contributed by atoms with Gasteiger partial charge in [-0.2, -0.15) is 0 Å². The number of amides is 2. The van der Waals surface area contributed by atoms with Crippen LogP contribution in [0.3, 0.4) is 0 Å². The number of halogens is 1. The fourth-order valence-corrected chi connectivity index (χ4v) is 3.17. The zero-order valence-corrected chi connectivity index (χ0v) is 16.6. The van der Waals surface area contributed by atoms with E-state index >= 15 is 0 Å². The predicted octanol–water partition coefficient (Wildman–Crippen LogP) is 4.02. The lowest BCUT2D eigenvalue weighted by molar-refractivity contribution is -0.129. The molecule has 0 heterocycles. The summed E-state index contributed by atoms with van der Waals surface area (Å²) >= 11 is 3.46. The van der Waals surface area contributed by atoms with Crippen LogP contribution in [-0.2, 0) is 16.1 Å². The smallest absolute Gasteiger partial charge is 0.243 e. The van der Waals surface area contributed by atoms with Gasteiger partial charge in [-0.3, -0.25) is 14.8 Å². The lowest BCUT2D eigenvalue weighted by Crippen LogP contribution is -2.30. The van der Waals surface area contributed by atoms with Crippen molar-refractivity contribution in [3.05, 3.63) is 58.6 Å². The molecule has 0 fully saturated rings. The van der Waals surface area contributed by atoms with Crippen LogP contribution in [0.4, 0.5) is 11.4 Å². The van der Waals surface area contributed by atoms with Crippen molar-refractivity contribution in [3.63, 3.8) is 0 Å². The van der Waals surface area contributed by atoms with Crippen LogP contribution in [0, 0.1) is 0 Å². The summed E-state index contributed by atoms with van der Waals surface area (Å²) in [6.07, 6.45) is 2.70. The molecule has 4 N–H and O–H groups in total. The van der Waals surface area contributed by atoms with Crippen LogP contribution < -0.4 is 16.1 Å². The standard InChI is InChI=1S/C20H24BrN3O3/c21-16-6-4-5-15(13-16)14-24(18-11-9-17(22)10-12-18)20(26)8-3-1-2-7-19(25)23-27/h4-6,9-13,27H,1-3,7-8,14,22H2,(H,23,25). The van der Waals surface area contributed by atoms with Crippen molar-refractivity contribution in [2.24, 2.45) is 0 Å². The number of benzene rings is 2. The Bertz CT molecular complexity index is 765. The number of unbranched alkanes of at least 4 members (excludes halogenated alkanes) is 2. The Kier molecular flexibility index (Phi) is 8.29. The molecular weight excluding hydrogens is 410 g/mol. The molecule has 0 aliphatic heterocycles. The van der Waals surface area contributed by atoms with Gasteiger partial charge in [-0.15, -0.1) is 0 Å². The van der Waals surface area contributed by atoms with Gasteiger partial charge >= 0.3 is 0 Å². The predicted molar refractivity (Wildman–Crippen MR) is 109 cm³/mol. The van der Waals surface area contributed by atoms with Crippen molar-refractivity contribution >= 4 is 39.1 Å². The van der Waals surface area contributed by atoms with Gasteiger partial charge in [-0.25, -0.2) is 5.48 Å². The van der Waals surface area contributed by atoms with Crippen LogP contribution in [0.1, 0.15) is 37.7 Å². The summed E-state index contributed by atoms with van der Waals surface area (Å²) in [5, 5.41) is 8.48. The zero-order valence-electron chi connectivity index (χ0n) is 15.0. The highest BCUT2D eigenvalue weighted by atomic mass is 79.9. The molecule has 0 aliphatic rings. The summed E-state index contributed by atoms with van der Waals surface area (Å²) in [5.41, 5.74) is 9.85. The fourth-order valence-electron chi connectivity index (χ4n) is 2.73. The highest BCUT2D eigenvalue weighted by Crippen LogP contribution is 2.22. The Morgan fingerprint density at radius 3 is 2.41 bits per heavy atom. The first-order chi connectivity index (χ1) is 13.0. The highest BCUT2D eigenvalue weighted by molar-refractivity contribution is 9.10. The average Bonchev–Trinajstić information content (AvgIpc) is 2.66. The SMILES string of the molecule is Nc1ccc(N(Cc2cccc(Br)c2)C(=O)CCCCCC(=O)NO)cc1. The Labute approximate surface area is 167 Å². The molecule has 0 radical (unpaired) electrons. The van der Waals surface area contributed by atoms with Gasteiger partial charge < -0.3 is 10.6 Å². The molecule has 0 spiro atoms. The van der Waals surface area contributed by atoms with Crippen molar-refractivity contribution in [1.82, 2.24) is 5.48 Å². The Morgan fingerprint density at radius 1 is 1.04 bits per heavy atom. The third-order valence-corrected chi connectivity index (χ3v) is 4.65. The molecule has 6 nitrogen and oxygen atoms in total. The number of hydrogen-bond acceptors (Lipinski definition) is 4. The summed E-state index contributed by atoms with van der Waals surface area (Å²) in [5.74, 6) is -0.383. The normalized spacial score (nSPS) is 10.4. The van der Waals surface area contributed by atoms with Crippen molar-refractivity contribution in [2.45, 2.75) is 38.6 Å². The van der Waals surface area contributed by atoms with Gasteiger partial charge in [-0.1, -0.05) is 34.5 Å². The monoisotopic (exact) mass is 433 g/mol. The zero-order chi connectivity index (χ0) is 19.6. The van der Waals surface area contributed by atoms with Crippen molar-refractivity contribution < 1.29 is 14.8 Å². The van der Waals surface area contributed by atoms with E-state index in [1.165, 1.54) is 0 Å². The lowest BCUT2D eigenvalue weighted by Gasteiger charge is -2.23. The third-order valence-electron chi connectivity index (χ3n) is 4.15. The number of carbonyl (C=O) groups is 2. The molecule has 0 aromatic heterocycles. The molecular formula is C20H24BrN3O3. The maximum Gasteiger partial charge on any atom is 0.243 e. The molecule has 2 aromatic rings. The van der Waals surface area contributed by atoms with Gasteiger partial charge in [0.15, 0.2) is 0 Å². The minimum Gasteiger partial charge on any atom is -0.399 e. The van der Waals surface area contributed by atoms with E-state index in [1.807, 2.05) is 36.4 Å². The number of hydroxylamine groups is 1. The van der Waals surface area contributed by atoms with Gasteiger partial charge in [0, 0.05) is 28.7 Å². The number of rotatable bonds is 9. The van der Waals surface area contributed by atoms with Crippen molar-refractivity contribution in [3.8, 4) is 0 Å². The minimum atomic E-state index is -0.403. The summed E-state index contributed by atoms with van der Waals surface area (Å²) < 4.78 is 0.965. The summed E-state index contributed by atoms with van der Waals surface area (Å²) in [6, 6.07) is 15.1. The molecule has 144 valence electrons. The van der Waals surface area contributed by atoms with E-state index in [4.69, 9.17) is 10.9 Å².